The summed E-state index contributed by atoms with van der Waals surface area (Å²) in [5.74, 6) is 0.575. The Bertz CT molecular complexity index is 968. The Morgan fingerprint density at radius 2 is 1.78 bits per heavy atom. The number of nitrogens with one attached hydrogen (secondary N) is 1. The molecule has 0 aromatic heterocycles. The van der Waals surface area contributed by atoms with Crippen LogP contribution < -0.4 is 21.0 Å². The Hall–Kier alpha value is -3.05. The Kier molecular flexibility index (Phi) is 4.69. The van der Waals surface area contributed by atoms with E-state index in [4.69, 9.17) is 9.39 Å². The van der Waals surface area contributed by atoms with Gasteiger partial charge in [-0.2, -0.15) is 0 Å². The molecule has 0 saturated heterocycles. The van der Waals surface area contributed by atoms with Crippen molar-refractivity contribution in [3.05, 3.63) is 83.4 Å². The van der Waals surface area contributed by atoms with E-state index in [1.807, 2.05) is 18.2 Å². The lowest BCUT2D eigenvalue weighted by atomic mass is 9.56. The fraction of sp³-hybridized carbons (Fsp3) is 0.136. The van der Waals surface area contributed by atoms with Crippen LogP contribution in [0.4, 0.5) is 5.69 Å². The Morgan fingerprint density at radius 1 is 1.04 bits per heavy atom. The number of amides is 1. The molecule has 1 aliphatic heterocycles. The van der Waals surface area contributed by atoms with Crippen LogP contribution in [-0.2, 0) is 11.3 Å². The summed E-state index contributed by atoms with van der Waals surface area (Å²) in [6.45, 7) is 2.55. The van der Waals surface area contributed by atoms with E-state index in [9.17, 15) is 4.79 Å². The van der Waals surface area contributed by atoms with Crippen molar-refractivity contribution in [2.24, 2.45) is 0 Å². The summed E-state index contributed by atoms with van der Waals surface area (Å²) in [7, 11) is 1.60. The van der Waals surface area contributed by atoms with Gasteiger partial charge in [0.25, 0.3) is 5.91 Å². The number of aryl methyl sites for hydroxylation is 1. The van der Waals surface area contributed by atoms with Crippen LogP contribution in [0.5, 0.6) is 5.75 Å². The lowest BCUT2D eigenvalue weighted by molar-refractivity contribution is 0.102. The molecule has 0 saturated carbocycles. The number of benzene rings is 3. The van der Waals surface area contributed by atoms with Gasteiger partial charge in [0.1, 0.15) is 5.75 Å². The first kappa shape index (κ1) is 17.4. The van der Waals surface area contributed by atoms with Crippen LogP contribution in [0.15, 0.2) is 66.7 Å². The topological polar surface area (TPSA) is 47.6 Å². The summed E-state index contributed by atoms with van der Waals surface area (Å²) in [6, 6.07) is 21.4. The summed E-state index contributed by atoms with van der Waals surface area (Å²) in [4.78, 5) is 12.5. The summed E-state index contributed by atoms with van der Waals surface area (Å²) < 4.78 is 11.1. The highest BCUT2D eigenvalue weighted by atomic mass is 16.5. The first-order chi connectivity index (χ1) is 13.1. The molecule has 27 heavy (non-hydrogen) atoms. The number of carbonyl (C=O) groups is 1. The van der Waals surface area contributed by atoms with Crippen LogP contribution in [0.3, 0.4) is 0 Å². The number of methoxy groups -OCH3 is 1. The van der Waals surface area contributed by atoms with Crippen LogP contribution in [0.2, 0.25) is 0 Å². The summed E-state index contributed by atoms with van der Waals surface area (Å²) in [6.07, 6.45) is 0. The minimum atomic E-state index is -0.150. The molecule has 0 spiro atoms. The Morgan fingerprint density at radius 3 is 2.48 bits per heavy atom. The molecule has 4 rings (SSSR count). The van der Waals surface area contributed by atoms with Crippen molar-refractivity contribution >= 4 is 29.4 Å². The number of rotatable bonds is 4. The molecule has 0 aliphatic carbocycles. The third-order valence-electron chi connectivity index (χ3n) is 4.82. The second-order valence-electron chi connectivity index (χ2n) is 6.70. The number of ether oxygens (including phenoxy) is 1. The number of hydrogen-bond acceptors (Lipinski definition) is 3. The van der Waals surface area contributed by atoms with Crippen LogP contribution in [0.1, 0.15) is 21.5 Å². The van der Waals surface area contributed by atoms with Gasteiger partial charge in [-0.1, -0.05) is 35.9 Å². The van der Waals surface area contributed by atoms with Crippen molar-refractivity contribution in [2.45, 2.75) is 13.5 Å². The average Bonchev–Trinajstić information content (AvgIpc) is 3.12. The van der Waals surface area contributed by atoms with Crippen molar-refractivity contribution in [2.75, 3.05) is 12.4 Å². The molecule has 5 heteroatoms. The van der Waals surface area contributed by atoms with Gasteiger partial charge < -0.3 is 14.7 Å². The largest absolute Gasteiger partial charge is 0.497 e. The van der Waals surface area contributed by atoms with Crippen molar-refractivity contribution in [1.82, 2.24) is 0 Å². The van der Waals surface area contributed by atoms with Gasteiger partial charge in [0.15, 0.2) is 0 Å². The molecule has 3 aromatic rings. The summed E-state index contributed by atoms with van der Waals surface area (Å²) in [5.41, 5.74) is 5.95. The monoisotopic (exact) mass is 357 g/mol. The van der Waals surface area contributed by atoms with Crippen LogP contribution in [0, 0.1) is 6.92 Å². The molecule has 0 atom stereocenters. The fourth-order valence-electron chi connectivity index (χ4n) is 3.27. The van der Waals surface area contributed by atoms with Crippen LogP contribution >= 0.6 is 0 Å². The Balaban J connectivity index is 1.56. The molecule has 134 valence electrons. The van der Waals surface area contributed by atoms with E-state index in [1.54, 1.807) is 31.4 Å². The quantitative estimate of drug-likeness (QED) is 0.731. The van der Waals surface area contributed by atoms with E-state index in [2.05, 4.69) is 36.5 Å². The van der Waals surface area contributed by atoms with Crippen LogP contribution in [0.25, 0.3) is 0 Å². The molecule has 1 aliphatic rings. The van der Waals surface area contributed by atoms with Gasteiger partial charge in [-0.25, -0.2) is 0 Å². The fourth-order valence-corrected chi connectivity index (χ4v) is 3.27. The number of carbonyl (C=O) groups excluding carboxylic acids is 1. The van der Waals surface area contributed by atoms with E-state index < -0.39 is 0 Å². The average molecular weight is 357 g/mol. The number of fused-ring (bicyclic) bond motifs is 1. The zero-order chi connectivity index (χ0) is 18.8. The normalized spacial score (nSPS) is 12.6. The number of hydrogen-bond donors (Lipinski definition) is 1. The van der Waals surface area contributed by atoms with Gasteiger partial charge in [0, 0.05) is 11.3 Å². The second-order valence-corrected chi connectivity index (χ2v) is 6.70. The maximum Gasteiger partial charge on any atom is 0.362 e. The van der Waals surface area contributed by atoms with Gasteiger partial charge in [0.2, 0.25) is 0 Å². The molecule has 0 bridgehead atoms. The lowest BCUT2D eigenvalue weighted by Gasteiger charge is -2.10. The minimum Gasteiger partial charge on any atom is -0.497 e. The van der Waals surface area contributed by atoms with E-state index >= 15 is 0 Å². The molecular weight excluding hydrogens is 337 g/mol. The minimum absolute atomic E-state index is 0.0987. The summed E-state index contributed by atoms with van der Waals surface area (Å²) >= 11 is 0. The zero-order valence-electron chi connectivity index (χ0n) is 15.4. The predicted octanol–water partition coefficient (Wildman–Crippen LogP) is 2.89. The van der Waals surface area contributed by atoms with E-state index in [1.165, 1.54) is 5.56 Å². The molecule has 4 nitrogen and oxygen atoms in total. The lowest BCUT2D eigenvalue weighted by Crippen LogP contribution is -2.41. The van der Waals surface area contributed by atoms with Crippen molar-refractivity contribution < 1.29 is 14.2 Å². The molecule has 0 radical (unpaired) electrons. The van der Waals surface area contributed by atoms with Crippen LogP contribution in [-0.4, -0.2) is 19.9 Å². The van der Waals surface area contributed by atoms with Crippen molar-refractivity contribution in [1.29, 1.82) is 0 Å². The maximum absolute atomic E-state index is 12.5. The van der Waals surface area contributed by atoms with Crippen molar-refractivity contribution in [3.8, 4) is 5.75 Å². The van der Waals surface area contributed by atoms with E-state index in [0.717, 1.165) is 27.9 Å². The van der Waals surface area contributed by atoms with Gasteiger partial charge in [-0.05, 0) is 59.8 Å². The molecule has 3 aromatic carbocycles. The smallest absolute Gasteiger partial charge is 0.362 e. The standard InChI is InChI=1S/C22H20BNO3/c1-15-3-8-18(9-4-15)23-21-13-19(10-5-17(21)14-27-23)24-22(25)16-6-11-20(26-2)12-7-16/h3-13H,14H2,1-2H3,(H,24,25). The molecule has 1 amide bonds. The highest BCUT2D eigenvalue weighted by Gasteiger charge is 2.30. The highest BCUT2D eigenvalue weighted by molar-refractivity contribution is 6.81. The van der Waals surface area contributed by atoms with E-state index in [0.29, 0.717) is 12.2 Å². The van der Waals surface area contributed by atoms with E-state index in [-0.39, 0.29) is 12.8 Å². The van der Waals surface area contributed by atoms with Gasteiger partial charge in [-0.3, -0.25) is 4.79 Å². The SMILES string of the molecule is COc1ccc(C(=O)Nc2ccc3c(c2)B(c2ccc(C)cc2)OC3)cc1. The highest BCUT2D eigenvalue weighted by Crippen LogP contribution is 2.18. The molecular formula is C22H20BNO3. The molecule has 1 N–H and O–H groups in total. The summed E-state index contributed by atoms with van der Waals surface area (Å²) in [5, 5.41) is 2.97. The molecule has 1 heterocycles. The predicted molar refractivity (Wildman–Crippen MR) is 108 cm³/mol. The molecule has 0 unspecified atom stereocenters. The third-order valence-corrected chi connectivity index (χ3v) is 4.82. The van der Waals surface area contributed by atoms with Gasteiger partial charge in [0.05, 0.1) is 13.7 Å². The third kappa shape index (κ3) is 3.59. The Labute approximate surface area is 159 Å². The second kappa shape index (κ2) is 7.29. The number of anilines is 1. The zero-order valence-corrected chi connectivity index (χ0v) is 15.4. The first-order valence-electron chi connectivity index (χ1n) is 8.90. The van der Waals surface area contributed by atoms with Gasteiger partial charge in [-0.15, -0.1) is 0 Å². The van der Waals surface area contributed by atoms with Gasteiger partial charge >= 0.3 is 6.92 Å². The van der Waals surface area contributed by atoms with Crippen molar-refractivity contribution in [3.63, 3.8) is 0 Å². The maximum atomic E-state index is 12.5. The molecule has 0 fully saturated rings. The first-order valence-corrected chi connectivity index (χ1v) is 8.90.